The van der Waals surface area contributed by atoms with Crippen LogP contribution in [0.4, 0.5) is 11.5 Å². The van der Waals surface area contributed by atoms with Gasteiger partial charge in [0, 0.05) is 18.4 Å². The maximum atomic E-state index is 12.7. The molecule has 0 bridgehead atoms. The van der Waals surface area contributed by atoms with Gasteiger partial charge in [-0.3, -0.25) is 4.79 Å². The monoisotopic (exact) mass is 292 g/mol. The first-order valence-electron chi connectivity index (χ1n) is 7.27. The number of hydrogen-bond acceptors (Lipinski definition) is 4. The van der Waals surface area contributed by atoms with Crippen molar-refractivity contribution in [2.75, 3.05) is 16.8 Å². The van der Waals surface area contributed by atoms with E-state index < -0.39 is 0 Å². The highest BCUT2D eigenvalue weighted by Gasteiger charge is 2.30. The minimum Gasteiger partial charge on any atom is -0.357 e. The summed E-state index contributed by atoms with van der Waals surface area (Å²) in [6.07, 6.45) is 3.27. The van der Waals surface area contributed by atoms with Gasteiger partial charge in [0.25, 0.3) is 0 Å². The number of para-hydroxylation sites is 1. The molecule has 1 amide bonds. The van der Waals surface area contributed by atoms with Crippen LogP contribution in [-0.2, 0) is 4.79 Å². The Morgan fingerprint density at radius 2 is 2.05 bits per heavy atom. The van der Waals surface area contributed by atoms with Gasteiger partial charge in [-0.1, -0.05) is 18.2 Å². The summed E-state index contributed by atoms with van der Waals surface area (Å²) >= 11 is 0. The molecular formula is C17H16N4O. The zero-order valence-electron chi connectivity index (χ0n) is 12.1. The number of amides is 1. The lowest BCUT2D eigenvalue weighted by atomic mass is 10.0. The number of aromatic nitrogens is 1. The highest BCUT2D eigenvalue weighted by Crippen LogP contribution is 2.23. The molecule has 5 nitrogen and oxygen atoms in total. The molecule has 22 heavy (non-hydrogen) atoms. The number of nitriles is 1. The van der Waals surface area contributed by atoms with Crippen LogP contribution in [0.5, 0.6) is 0 Å². The largest absolute Gasteiger partial charge is 0.357 e. The van der Waals surface area contributed by atoms with Crippen molar-refractivity contribution >= 4 is 17.4 Å². The lowest BCUT2D eigenvalue weighted by molar-refractivity contribution is -0.120. The van der Waals surface area contributed by atoms with Crippen LogP contribution in [0.1, 0.15) is 18.4 Å². The predicted octanol–water partition coefficient (Wildman–Crippen LogP) is 2.56. The summed E-state index contributed by atoms with van der Waals surface area (Å²) in [5.41, 5.74) is 1.35. The lowest BCUT2D eigenvalue weighted by Gasteiger charge is -2.33. The van der Waals surface area contributed by atoms with E-state index in [0.717, 1.165) is 18.5 Å². The SMILES string of the molecule is N#Cc1cccnc1N[C@@H]1CCCN(c2ccccc2)C1=O. The van der Waals surface area contributed by atoms with Crippen LogP contribution in [0.25, 0.3) is 0 Å². The predicted molar refractivity (Wildman–Crippen MR) is 84.4 cm³/mol. The van der Waals surface area contributed by atoms with E-state index in [9.17, 15) is 4.79 Å². The minimum atomic E-state index is -0.351. The van der Waals surface area contributed by atoms with Crippen molar-refractivity contribution in [3.8, 4) is 6.07 Å². The van der Waals surface area contributed by atoms with Gasteiger partial charge in [-0.15, -0.1) is 0 Å². The molecule has 110 valence electrons. The van der Waals surface area contributed by atoms with Crippen LogP contribution in [0.2, 0.25) is 0 Å². The van der Waals surface area contributed by atoms with Gasteiger partial charge >= 0.3 is 0 Å². The molecule has 2 aromatic rings. The molecule has 1 aromatic carbocycles. The van der Waals surface area contributed by atoms with Gasteiger partial charge in [0.1, 0.15) is 17.9 Å². The molecule has 0 radical (unpaired) electrons. The standard InChI is InChI=1S/C17H16N4O/c18-12-13-6-4-10-19-16(13)20-15-9-5-11-21(17(15)22)14-7-2-1-3-8-14/h1-4,6-8,10,15H,5,9,11H2,(H,19,20)/t15-/m1/s1. The molecule has 1 aliphatic heterocycles. The van der Waals surface area contributed by atoms with E-state index in [1.54, 1.807) is 23.2 Å². The van der Waals surface area contributed by atoms with Crippen molar-refractivity contribution in [1.29, 1.82) is 5.26 Å². The van der Waals surface area contributed by atoms with Gasteiger partial charge in [0.05, 0.1) is 5.56 Å². The Kier molecular flexibility index (Phi) is 4.01. The molecule has 1 aliphatic rings. The number of nitrogens with zero attached hydrogens (tertiary/aromatic N) is 3. The number of nitrogens with one attached hydrogen (secondary N) is 1. The molecule has 1 aromatic heterocycles. The Morgan fingerprint density at radius 3 is 2.82 bits per heavy atom. The van der Waals surface area contributed by atoms with Crippen molar-refractivity contribution in [3.63, 3.8) is 0 Å². The number of anilines is 2. The first-order chi connectivity index (χ1) is 10.8. The summed E-state index contributed by atoms with van der Waals surface area (Å²) in [4.78, 5) is 18.6. The fourth-order valence-electron chi connectivity index (χ4n) is 2.65. The molecule has 0 unspecified atom stereocenters. The van der Waals surface area contributed by atoms with Crippen molar-refractivity contribution < 1.29 is 4.79 Å². The van der Waals surface area contributed by atoms with E-state index in [1.807, 2.05) is 30.3 Å². The van der Waals surface area contributed by atoms with Crippen molar-refractivity contribution in [2.45, 2.75) is 18.9 Å². The number of pyridine rings is 1. The summed E-state index contributed by atoms with van der Waals surface area (Å²) in [7, 11) is 0. The normalized spacial score (nSPS) is 17.9. The first kappa shape index (κ1) is 14.1. The van der Waals surface area contributed by atoms with Gasteiger partial charge < -0.3 is 10.2 Å². The molecule has 2 heterocycles. The maximum absolute atomic E-state index is 12.7. The smallest absolute Gasteiger partial charge is 0.249 e. The molecule has 0 saturated carbocycles. The molecule has 1 fully saturated rings. The lowest BCUT2D eigenvalue weighted by Crippen LogP contribution is -2.48. The molecular weight excluding hydrogens is 276 g/mol. The summed E-state index contributed by atoms with van der Waals surface area (Å²) in [5.74, 6) is 0.491. The number of carbonyl (C=O) groups is 1. The molecule has 1 N–H and O–H groups in total. The molecule has 5 heteroatoms. The molecule has 1 atom stereocenters. The third-order valence-electron chi connectivity index (χ3n) is 3.75. The summed E-state index contributed by atoms with van der Waals surface area (Å²) < 4.78 is 0. The van der Waals surface area contributed by atoms with E-state index in [2.05, 4.69) is 16.4 Å². The maximum Gasteiger partial charge on any atom is 0.249 e. The Hall–Kier alpha value is -2.87. The van der Waals surface area contributed by atoms with Crippen LogP contribution in [0, 0.1) is 11.3 Å². The highest BCUT2D eigenvalue weighted by atomic mass is 16.2. The van der Waals surface area contributed by atoms with E-state index in [-0.39, 0.29) is 11.9 Å². The number of rotatable bonds is 3. The van der Waals surface area contributed by atoms with Crippen LogP contribution >= 0.6 is 0 Å². The molecule has 0 aliphatic carbocycles. The van der Waals surface area contributed by atoms with E-state index in [1.165, 1.54) is 0 Å². The Morgan fingerprint density at radius 1 is 1.23 bits per heavy atom. The third-order valence-corrected chi connectivity index (χ3v) is 3.75. The number of carbonyl (C=O) groups excluding carboxylic acids is 1. The minimum absolute atomic E-state index is 0.0204. The van der Waals surface area contributed by atoms with E-state index in [0.29, 0.717) is 17.9 Å². The Labute approximate surface area is 129 Å². The summed E-state index contributed by atoms with van der Waals surface area (Å²) in [6.45, 7) is 0.717. The quantitative estimate of drug-likeness (QED) is 0.944. The van der Waals surface area contributed by atoms with Crippen LogP contribution in [0.15, 0.2) is 48.7 Å². The average molecular weight is 292 g/mol. The van der Waals surface area contributed by atoms with Crippen LogP contribution in [0.3, 0.4) is 0 Å². The zero-order valence-corrected chi connectivity index (χ0v) is 12.1. The van der Waals surface area contributed by atoms with Gasteiger partial charge in [0.15, 0.2) is 0 Å². The molecule has 3 rings (SSSR count). The summed E-state index contributed by atoms with van der Waals surface area (Å²) in [6, 6.07) is 14.8. The molecule has 0 spiro atoms. The topological polar surface area (TPSA) is 69.0 Å². The Bertz CT molecular complexity index is 708. The number of benzene rings is 1. The van der Waals surface area contributed by atoms with Crippen molar-refractivity contribution in [3.05, 3.63) is 54.2 Å². The second-order valence-electron chi connectivity index (χ2n) is 5.18. The fourth-order valence-corrected chi connectivity index (χ4v) is 2.65. The fraction of sp³-hybridized carbons (Fsp3) is 0.235. The highest BCUT2D eigenvalue weighted by molar-refractivity contribution is 5.99. The van der Waals surface area contributed by atoms with Crippen LogP contribution in [-0.4, -0.2) is 23.5 Å². The van der Waals surface area contributed by atoms with Gasteiger partial charge in [-0.25, -0.2) is 4.98 Å². The van der Waals surface area contributed by atoms with E-state index in [4.69, 9.17) is 5.26 Å². The van der Waals surface area contributed by atoms with Gasteiger partial charge in [-0.2, -0.15) is 5.26 Å². The Balaban J connectivity index is 1.80. The second-order valence-corrected chi connectivity index (χ2v) is 5.18. The van der Waals surface area contributed by atoms with E-state index >= 15 is 0 Å². The number of hydrogen-bond donors (Lipinski definition) is 1. The average Bonchev–Trinajstić information content (AvgIpc) is 2.58. The first-order valence-corrected chi connectivity index (χ1v) is 7.27. The second kappa shape index (κ2) is 6.27. The summed E-state index contributed by atoms with van der Waals surface area (Å²) in [5, 5.41) is 12.2. The number of piperidine rings is 1. The van der Waals surface area contributed by atoms with Crippen molar-refractivity contribution in [2.24, 2.45) is 0 Å². The third kappa shape index (κ3) is 2.77. The van der Waals surface area contributed by atoms with Gasteiger partial charge in [-0.05, 0) is 37.1 Å². The zero-order chi connectivity index (χ0) is 15.4. The van der Waals surface area contributed by atoms with Gasteiger partial charge in [0.2, 0.25) is 5.91 Å². The molecule has 1 saturated heterocycles. The van der Waals surface area contributed by atoms with Crippen molar-refractivity contribution in [1.82, 2.24) is 4.98 Å². The van der Waals surface area contributed by atoms with Crippen LogP contribution < -0.4 is 10.2 Å².